The van der Waals surface area contributed by atoms with Crippen LogP contribution in [0.1, 0.15) is 87.0 Å². The zero-order chi connectivity index (χ0) is 39.6. The van der Waals surface area contributed by atoms with Crippen molar-refractivity contribution in [2.45, 2.75) is 70.8 Å². The fraction of sp³-hybridized carbons (Fsp3) is 0.326. The number of ketones is 2. The van der Waals surface area contributed by atoms with Gasteiger partial charge in [-0.2, -0.15) is 0 Å². The first-order valence-corrected chi connectivity index (χ1v) is 19.2. The summed E-state index contributed by atoms with van der Waals surface area (Å²) in [5, 5.41) is 13.3. The Kier molecular flexibility index (Phi) is 10.9. The molecule has 3 aliphatic carbocycles. The van der Waals surface area contributed by atoms with Crippen molar-refractivity contribution in [1.82, 2.24) is 10.2 Å². The quantitative estimate of drug-likeness (QED) is 0.0833. The van der Waals surface area contributed by atoms with Crippen LogP contribution in [0.5, 0.6) is 0 Å². The third kappa shape index (κ3) is 7.60. The first kappa shape index (κ1) is 38.3. The van der Waals surface area contributed by atoms with E-state index in [1.165, 1.54) is 6.92 Å². The zero-order valence-electron chi connectivity index (χ0n) is 31.9. The highest BCUT2D eigenvalue weighted by Gasteiger charge is 2.41. The number of aliphatic carboxylic acids is 1. The second-order valence-corrected chi connectivity index (χ2v) is 15.6. The number of amides is 2. The molecule has 1 fully saturated rings. The van der Waals surface area contributed by atoms with Gasteiger partial charge in [-0.3, -0.25) is 14.5 Å². The van der Waals surface area contributed by atoms with E-state index in [0.29, 0.717) is 12.8 Å². The molecular formula is C46H46N2O8. The molecule has 4 aromatic carbocycles. The summed E-state index contributed by atoms with van der Waals surface area (Å²) in [6.07, 6.45) is -0.706. The molecule has 0 heterocycles. The highest BCUT2D eigenvalue weighted by atomic mass is 16.6. The molecule has 10 nitrogen and oxygen atoms in total. The number of rotatable bonds is 12. The predicted octanol–water partition coefficient (Wildman–Crippen LogP) is 8.63. The fourth-order valence-electron chi connectivity index (χ4n) is 8.62. The van der Waals surface area contributed by atoms with Gasteiger partial charge in [0.05, 0.1) is 5.57 Å². The van der Waals surface area contributed by atoms with E-state index in [4.69, 9.17) is 9.47 Å². The maximum atomic E-state index is 14.1. The molecule has 0 saturated heterocycles. The number of Topliss-reactive ketones (excluding diaryl/α,β-unsaturated/α-hetero) is 2. The summed E-state index contributed by atoms with van der Waals surface area (Å²) in [5.41, 5.74) is 7.76. The number of unbranched alkanes of at least 4 members (excludes halogenated alkanes) is 1. The summed E-state index contributed by atoms with van der Waals surface area (Å²) in [7, 11) is 0. The van der Waals surface area contributed by atoms with E-state index in [0.717, 1.165) is 49.4 Å². The van der Waals surface area contributed by atoms with Crippen molar-refractivity contribution in [3.8, 4) is 22.3 Å². The van der Waals surface area contributed by atoms with E-state index in [1.54, 1.807) is 0 Å². The topological polar surface area (TPSA) is 139 Å². The predicted molar refractivity (Wildman–Crippen MR) is 211 cm³/mol. The number of alkyl carbamates (subject to hydrolysis) is 1. The first-order valence-electron chi connectivity index (χ1n) is 19.2. The Morgan fingerprint density at radius 2 is 1.14 bits per heavy atom. The maximum Gasteiger partial charge on any atom is 0.414 e. The number of fused-ring (bicyclic) bond motifs is 6. The summed E-state index contributed by atoms with van der Waals surface area (Å²) in [5.74, 6) is -2.54. The molecule has 2 N–H and O–H groups in total. The van der Waals surface area contributed by atoms with Crippen molar-refractivity contribution in [2.24, 2.45) is 5.41 Å². The number of allylic oxidation sites excluding steroid dienone is 2. The first-order chi connectivity index (χ1) is 26.9. The third-order valence-corrected chi connectivity index (χ3v) is 11.2. The van der Waals surface area contributed by atoms with Crippen LogP contribution in [-0.4, -0.2) is 65.5 Å². The van der Waals surface area contributed by atoms with Gasteiger partial charge in [0.2, 0.25) is 0 Å². The number of hydrogen-bond donors (Lipinski definition) is 2. The third-order valence-electron chi connectivity index (χ3n) is 11.2. The summed E-state index contributed by atoms with van der Waals surface area (Å²) < 4.78 is 11.6. The lowest BCUT2D eigenvalue weighted by Gasteiger charge is -2.34. The summed E-state index contributed by atoms with van der Waals surface area (Å²) in [4.78, 5) is 67.5. The molecule has 0 spiro atoms. The van der Waals surface area contributed by atoms with Crippen molar-refractivity contribution >= 4 is 29.7 Å². The molecule has 7 rings (SSSR count). The Morgan fingerprint density at radius 1 is 0.714 bits per heavy atom. The van der Waals surface area contributed by atoms with Crippen LogP contribution in [0.15, 0.2) is 108 Å². The lowest BCUT2D eigenvalue weighted by molar-refractivity contribution is -0.142. The van der Waals surface area contributed by atoms with Crippen molar-refractivity contribution in [3.63, 3.8) is 0 Å². The highest BCUT2D eigenvalue weighted by molar-refractivity contribution is 6.23. The molecule has 1 atom stereocenters. The van der Waals surface area contributed by atoms with Gasteiger partial charge in [-0.25, -0.2) is 14.4 Å². The maximum absolute atomic E-state index is 14.1. The standard InChI is InChI=1S/C46H46N2O8/c1-28(42-40(49)24-46(2,3)25-41(42)50)48(45(54)56-27-38-35-20-10-6-16-31(35)32-17-7-11-21-36(32)38)39(43(51)52)22-12-13-23-47-44(53)55-26-37-33-18-8-4-14-29(33)30-15-5-9-19-34(30)37/h4-11,14-21,37-39H,12-13,22-27H2,1-3H3,(H,47,53)(H,51,52)/t39-/m0/s1. The van der Waals surface area contributed by atoms with Gasteiger partial charge in [0.25, 0.3) is 0 Å². The van der Waals surface area contributed by atoms with Crippen LogP contribution in [0.3, 0.4) is 0 Å². The summed E-state index contributed by atoms with van der Waals surface area (Å²) >= 11 is 0. The average Bonchev–Trinajstić information content (AvgIpc) is 3.67. The molecule has 0 aliphatic heterocycles. The van der Waals surface area contributed by atoms with Crippen LogP contribution in [0.25, 0.3) is 22.3 Å². The second-order valence-electron chi connectivity index (χ2n) is 15.6. The van der Waals surface area contributed by atoms with Crippen LogP contribution in [0.2, 0.25) is 0 Å². The lowest BCUT2D eigenvalue weighted by Crippen LogP contribution is -2.46. The normalized spacial score (nSPS) is 15.9. The number of carboxylic acids is 1. The monoisotopic (exact) mass is 754 g/mol. The highest BCUT2D eigenvalue weighted by Crippen LogP contribution is 2.46. The molecule has 4 aromatic rings. The Hall–Kier alpha value is -6.03. The molecule has 0 radical (unpaired) electrons. The molecule has 10 heteroatoms. The fourth-order valence-corrected chi connectivity index (χ4v) is 8.62. The van der Waals surface area contributed by atoms with Gasteiger partial charge in [0.1, 0.15) is 19.3 Å². The number of hydrogen-bond acceptors (Lipinski definition) is 7. The van der Waals surface area contributed by atoms with Crippen molar-refractivity contribution in [3.05, 3.63) is 131 Å². The van der Waals surface area contributed by atoms with Gasteiger partial charge >= 0.3 is 18.2 Å². The molecule has 3 aliphatic rings. The zero-order valence-corrected chi connectivity index (χ0v) is 31.9. The number of nitrogens with zero attached hydrogens (tertiary/aromatic N) is 1. The minimum absolute atomic E-state index is 0.0234. The number of nitrogens with one attached hydrogen (secondary N) is 1. The van der Waals surface area contributed by atoms with E-state index >= 15 is 0 Å². The minimum Gasteiger partial charge on any atom is -0.480 e. The molecular weight excluding hydrogens is 709 g/mol. The minimum atomic E-state index is -1.44. The number of carbonyl (C=O) groups excluding carboxylic acids is 4. The largest absolute Gasteiger partial charge is 0.480 e. The Labute approximate surface area is 326 Å². The van der Waals surface area contributed by atoms with Crippen LogP contribution >= 0.6 is 0 Å². The summed E-state index contributed by atoms with van der Waals surface area (Å²) in [6.45, 7) is 5.40. The SMILES string of the molecule is CC(=C1C(=O)CC(C)(C)CC1=O)N(C(=O)OCC1c2ccccc2-c2ccccc21)[C@@H](CCCCNC(=O)OCC1c2ccccc2-c2ccccc21)C(=O)O. The van der Waals surface area contributed by atoms with Gasteiger partial charge < -0.3 is 19.9 Å². The molecule has 0 unspecified atom stereocenters. The smallest absolute Gasteiger partial charge is 0.414 e. The Morgan fingerprint density at radius 3 is 1.59 bits per heavy atom. The second kappa shape index (κ2) is 16.0. The van der Waals surface area contributed by atoms with Gasteiger partial charge in [-0.15, -0.1) is 0 Å². The molecule has 56 heavy (non-hydrogen) atoms. The van der Waals surface area contributed by atoms with Crippen molar-refractivity contribution < 1.29 is 38.6 Å². The number of carboxylic acid groups (broad SMARTS) is 1. The molecule has 288 valence electrons. The molecule has 2 amide bonds. The van der Waals surface area contributed by atoms with E-state index < -0.39 is 41.2 Å². The molecule has 0 bridgehead atoms. The van der Waals surface area contributed by atoms with Crippen LogP contribution in [0, 0.1) is 5.41 Å². The summed E-state index contributed by atoms with van der Waals surface area (Å²) in [6, 6.07) is 30.5. The van der Waals surface area contributed by atoms with Gasteiger partial charge in [-0.1, -0.05) is 111 Å². The lowest BCUT2D eigenvalue weighted by atomic mass is 9.73. The van der Waals surface area contributed by atoms with Gasteiger partial charge in [-0.05, 0) is 76.1 Å². The Bertz CT molecular complexity index is 2130. The number of ether oxygens (including phenoxy) is 2. The van der Waals surface area contributed by atoms with E-state index in [2.05, 4.69) is 17.4 Å². The van der Waals surface area contributed by atoms with Crippen LogP contribution < -0.4 is 5.32 Å². The van der Waals surface area contributed by atoms with E-state index in [-0.39, 0.29) is 62.1 Å². The number of carbonyl (C=O) groups is 5. The Balaban J connectivity index is 1.02. The molecule has 0 aromatic heterocycles. The van der Waals surface area contributed by atoms with E-state index in [9.17, 15) is 29.1 Å². The van der Waals surface area contributed by atoms with Crippen molar-refractivity contribution in [2.75, 3.05) is 19.8 Å². The average molecular weight is 755 g/mol. The van der Waals surface area contributed by atoms with Crippen molar-refractivity contribution in [1.29, 1.82) is 0 Å². The molecule has 1 saturated carbocycles. The van der Waals surface area contributed by atoms with Gasteiger partial charge in [0, 0.05) is 36.9 Å². The van der Waals surface area contributed by atoms with Crippen LogP contribution in [0.4, 0.5) is 9.59 Å². The van der Waals surface area contributed by atoms with Crippen LogP contribution in [-0.2, 0) is 23.9 Å². The number of benzene rings is 4. The van der Waals surface area contributed by atoms with E-state index in [1.807, 2.05) is 98.8 Å². The van der Waals surface area contributed by atoms with Gasteiger partial charge in [0.15, 0.2) is 11.6 Å².